The maximum Gasteiger partial charge on any atom is 0.335 e. The van der Waals surface area contributed by atoms with Gasteiger partial charge in [0.05, 0.1) is 0 Å². The van der Waals surface area contributed by atoms with E-state index in [4.69, 9.17) is 14.2 Å². The molecule has 1 atom stereocenters. The third-order valence-electron chi connectivity index (χ3n) is 6.04. The Bertz CT molecular complexity index is 546. The first kappa shape index (κ1) is 29.5. The molecule has 0 aromatic heterocycles. The van der Waals surface area contributed by atoms with E-state index < -0.39 is 6.10 Å². The number of hydrogen-bond acceptors (Lipinski definition) is 4. The molecule has 1 aromatic rings. The summed E-state index contributed by atoms with van der Waals surface area (Å²) in [5.41, 5.74) is 0. The number of benzene rings is 1. The van der Waals surface area contributed by atoms with Crippen molar-refractivity contribution in [2.45, 2.75) is 123 Å². The topological polar surface area (TPSA) is 44.8 Å². The zero-order valence-corrected chi connectivity index (χ0v) is 21.5. The number of esters is 1. The fourth-order valence-electron chi connectivity index (χ4n) is 4.08. The number of para-hydroxylation sites is 1. The largest absolute Gasteiger partial charge is 0.490 e. The van der Waals surface area contributed by atoms with Crippen molar-refractivity contribution in [3.05, 3.63) is 30.3 Å². The number of ether oxygens (including phenoxy) is 3. The first-order valence-corrected chi connectivity index (χ1v) is 13.7. The summed E-state index contributed by atoms with van der Waals surface area (Å²) in [6.07, 6.45) is 20.4. The van der Waals surface area contributed by atoms with Crippen molar-refractivity contribution < 1.29 is 19.0 Å². The van der Waals surface area contributed by atoms with Crippen LogP contribution in [0, 0.1) is 0 Å². The molecular weight excluding hydrogens is 412 g/mol. The molecule has 0 bridgehead atoms. The average molecular weight is 463 g/mol. The second-order valence-electron chi connectivity index (χ2n) is 9.01. The molecule has 0 amide bonds. The highest BCUT2D eigenvalue weighted by Crippen LogP contribution is 2.15. The van der Waals surface area contributed by atoms with Gasteiger partial charge in [0.25, 0.3) is 0 Å². The lowest BCUT2D eigenvalue weighted by Gasteiger charge is -2.16. The van der Waals surface area contributed by atoms with Crippen molar-refractivity contribution in [2.75, 3.05) is 19.8 Å². The van der Waals surface area contributed by atoms with Crippen LogP contribution in [0.4, 0.5) is 0 Å². The molecule has 1 rings (SSSR count). The molecule has 0 spiro atoms. The number of unbranched alkanes of at least 4 members (excludes halogenated alkanes) is 14. The van der Waals surface area contributed by atoms with E-state index >= 15 is 0 Å². The van der Waals surface area contributed by atoms with Gasteiger partial charge in [0.15, 0.2) is 6.10 Å². The number of rotatable bonds is 23. The van der Waals surface area contributed by atoms with Crippen molar-refractivity contribution in [1.29, 1.82) is 0 Å². The summed E-state index contributed by atoms with van der Waals surface area (Å²) in [5, 5.41) is 0. The highest BCUT2D eigenvalue weighted by molar-refractivity contribution is 5.74. The molecule has 4 nitrogen and oxygen atoms in total. The Hall–Kier alpha value is -1.55. The lowest BCUT2D eigenvalue weighted by molar-refractivity contribution is -0.158. The molecule has 0 fully saturated rings. The van der Waals surface area contributed by atoms with E-state index in [9.17, 15) is 4.79 Å². The van der Waals surface area contributed by atoms with Gasteiger partial charge in [-0.25, -0.2) is 4.79 Å². The fourth-order valence-corrected chi connectivity index (χ4v) is 4.08. The molecule has 0 radical (unpaired) electrons. The van der Waals surface area contributed by atoms with Crippen LogP contribution in [0.25, 0.3) is 0 Å². The Morgan fingerprint density at radius 2 is 1.21 bits per heavy atom. The molecule has 33 heavy (non-hydrogen) atoms. The van der Waals surface area contributed by atoms with Crippen LogP contribution >= 0.6 is 0 Å². The van der Waals surface area contributed by atoms with Crippen LogP contribution in [0.15, 0.2) is 30.3 Å². The predicted octanol–water partition coefficient (Wildman–Crippen LogP) is 8.28. The summed E-state index contributed by atoms with van der Waals surface area (Å²) in [7, 11) is 0. The zero-order valence-electron chi connectivity index (χ0n) is 21.5. The van der Waals surface area contributed by atoms with E-state index in [0.717, 1.165) is 25.0 Å². The Morgan fingerprint density at radius 3 is 1.73 bits per heavy atom. The second kappa shape index (κ2) is 22.3. The summed E-state index contributed by atoms with van der Waals surface area (Å²) >= 11 is 0. The smallest absolute Gasteiger partial charge is 0.335 e. The Kier molecular flexibility index (Phi) is 19.9. The van der Waals surface area contributed by atoms with E-state index in [-0.39, 0.29) is 12.6 Å². The standard InChI is InChI=1S/C29H50O4/c1-3-5-6-7-8-9-10-11-12-13-14-15-16-17-21-24-28(31-4-2)29(30)33-26-25-32-27-22-19-18-20-23-27/h18-20,22-23,28H,3-17,21,24-26H2,1-2H3. The predicted molar refractivity (Wildman–Crippen MR) is 138 cm³/mol. The van der Waals surface area contributed by atoms with E-state index in [1.54, 1.807) is 0 Å². The van der Waals surface area contributed by atoms with Crippen LogP contribution in [-0.2, 0) is 14.3 Å². The monoisotopic (exact) mass is 462 g/mol. The fraction of sp³-hybridized carbons (Fsp3) is 0.759. The highest BCUT2D eigenvalue weighted by atomic mass is 16.6. The van der Waals surface area contributed by atoms with Gasteiger partial charge in [0.1, 0.15) is 19.0 Å². The van der Waals surface area contributed by atoms with E-state index in [1.807, 2.05) is 37.3 Å². The molecule has 0 aliphatic carbocycles. The first-order chi connectivity index (χ1) is 16.3. The van der Waals surface area contributed by atoms with Gasteiger partial charge in [-0.2, -0.15) is 0 Å². The van der Waals surface area contributed by atoms with Crippen LogP contribution in [0.1, 0.15) is 117 Å². The van der Waals surface area contributed by atoms with Gasteiger partial charge >= 0.3 is 5.97 Å². The SMILES string of the molecule is CCCCCCCCCCCCCCCCCC(OCC)C(=O)OCCOc1ccccc1. The summed E-state index contributed by atoms with van der Waals surface area (Å²) in [6.45, 7) is 5.33. The lowest BCUT2D eigenvalue weighted by Crippen LogP contribution is -2.28. The molecule has 0 saturated carbocycles. The van der Waals surface area contributed by atoms with Gasteiger partial charge in [-0.1, -0.05) is 121 Å². The van der Waals surface area contributed by atoms with E-state index in [2.05, 4.69) is 6.92 Å². The maximum absolute atomic E-state index is 12.3. The number of carbonyl (C=O) groups excluding carboxylic acids is 1. The summed E-state index contributed by atoms with van der Waals surface area (Å²) in [6, 6.07) is 9.56. The molecule has 4 heteroatoms. The summed E-state index contributed by atoms with van der Waals surface area (Å²) in [4.78, 5) is 12.3. The van der Waals surface area contributed by atoms with Gasteiger partial charge in [-0.15, -0.1) is 0 Å². The first-order valence-electron chi connectivity index (χ1n) is 13.7. The number of hydrogen-bond donors (Lipinski definition) is 0. The van der Waals surface area contributed by atoms with Gasteiger partial charge in [-0.05, 0) is 25.5 Å². The minimum atomic E-state index is -0.450. The molecule has 0 N–H and O–H groups in total. The van der Waals surface area contributed by atoms with E-state index in [0.29, 0.717) is 13.2 Å². The quantitative estimate of drug-likeness (QED) is 0.121. The van der Waals surface area contributed by atoms with Crippen molar-refractivity contribution in [1.82, 2.24) is 0 Å². The molecule has 0 aliphatic heterocycles. The highest BCUT2D eigenvalue weighted by Gasteiger charge is 2.19. The molecule has 190 valence electrons. The van der Waals surface area contributed by atoms with Crippen LogP contribution in [0.5, 0.6) is 5.75 Å². The van der Waals surface area contributed by atoms with Gasteiger partial charge in [0.2, 0.25) is 0 Å². The van der Waals surface area contributed by atoms with E-state index in [1.165, 1.54) is 83.5 Å². The lowest BCUT2D eigenvalue weighted by atomic mass is 10.0. The van der Waals surface area contributed by atoms with Crippen LogP contribution in [0.3, 0.4) is 0 Å². The van der Waals surface area contributed by atoms with Crippen LogP contribution in [-0.4, -0.2) is 31.9 Å². The minimum Gasteiger partial charge on any atom is -0.490 e. The van der Waals surface area contributed by atoms with Crippen molar-refractivity contribution >= 4 is 5.97 Å². The molecule has 1 unspecified atom stereocenters. The van der Waals surface area contributed by atoms with Gasteiger partial charge < -0.3 is 14.2 Å². The normalized spacial score (nSPS) is 11.9. The Balaban J connectivity index is 1.95. The minimum absolute atomic E-state index is 0.246. The molecular formula is C29H50O4. The third-order valence-corrected chi connectivity index (χ3v) is 6.04. The second-order valence-corrected chi connectivity index (χ2v) is 9.01. The molecule has 1 aromatic carbocycles. The number of carbonyl (C=O) groups is 1. The summed E-state index contributed by atoms with van der Waals surface area (Å²) in [5.74, 6) is 0.520. The Morgan fingerprint density at radius 1 is 0.697 bits per heavy atom. The zero-order chi connectivity index (χ0) is 23.8. The molecule has 0 saturated heterocycles. The summed E-state index contributed by atoms with van der Waals surface area (Å²) < 4.78 is 16.6. The van der Waals surface area contributed by atoms with Crippen molar-refractivity contribution in [3.63, 3.8) is 0 Å². The molecule has 0 aliphatic rings. The van der Waals surface area contributed by atoms with Crippen LogP contribution < -0.4 is 4.74 Å². The third kappa shape index (κ3) is 17.6. The van der Waals surface area contributed by atoms with Crippen molar-refractivity contribution in [2.24, 2.45) is 0 Å². The average Bonchev–Trinajstić information content (AvgIpc) is 2.84. The van der Waals surface area contributed by atoms with Crippen molar-refractivity contribution in [3.8, 4) is 5.75 Å². The molecule has 0 heterocycles. The van der Waals surface area contributed by atoms with Crippen LogP contribution in [0.2, 0.25) is 0 Å². The Labute approximate surface area is 203 Å². The maximum atomic E-state index is 12.3. The van der Waals surface area contributed by atoms with Gasteiger partial charge in [-0.3, -0.25) is 0 Å². The van der Waals surface area contributed by atoms with Gasteiger partial charge in [0, 0.05) is 6.61 Å².